The normalized spacial score (nSPS) is 9.47. The molecule has 0 N–H and O–H groups in total. The molecule has 0 atom stereocenters. The highest BCUT2D eigenvalue weighted by molar-refractivity contribution is 6.31. The summed E-state index contributed by atoms with van der Waals surface area (Å²) in [6, 6.07) is 8.16. The van der Waals surface area contributed by atoms with E-state index < -0.39 is 0 Å². The van der Waals surface area contributed by atoms with Gasteiger partial charge in [-0.2, -0.15) is 10.1 Å². The van der Waals surface area contributed by atoms with Crippen molar-refractivity contribution in [1.82, 2.24) is 10.2 Å². The van der Waals surface area contributed by atoms with E-state index in [1.165, 1.54) is 12.3 Å². The summed E-state index contributed by atoms with van der Waals surface area (Å²) in [6.07, 6.45) is 2.91. The first-order valence-electron chi connectivity index (χ1n) is 4.62. The minimum absolute atomic E-state index is 0.196. The maximum Gasteiger partial charge on any atom is 0.257 e. The SMILES string of the molecule is O=C=Nc1cccc(Oc2nnccc2Cl)c1. The minimum atomic E-state index is 0.196. The summed E-state index contributed by atoms with van der Waals surface area (Å²) in [5.74, 6) is 0.658. The molecule has 0 spiro atoms. The van der Waals surface area contributed by atoms with Crippen molar-refractivity contribution in [2.24, 2.45) is 4.99 Å². The third-order valence-corrected chi connectivity index (χ3v) is 2.13. The fourth-order valence-electron chi connectivity index (χ4n) is 1.15. The molecule has 0 saturated heterocycles. The van der Waals surface area contributed by atoms with Gasteiger partial charge in [0.25, 0.3) is 5.88 Å². The second-order valence-corrected chi connectivity index (χ2v) is 3.39. The van der Waals surface area contributed by atoms with Crippen LogP contribution in [0.25, 0.3) is 0 Å². The Bertz CT molecular complexity index is 582. The average molecular weight is 248 g/mol. The Morgan fingerprint density at radius 1 is 1.35 bits per heavy atom. The molecule has 5 nitrogen and oxygen atoms in total. The zero-order chi connectivity index (χ0) is 12.1. The van der Waals surface area contributed by atoms with Crippen LogP contribution in [-0.4, -0.2) is 16.3 Å². The quantitative estimate of drug-likeness (QED) is 0.618. The summed E-state index contributed by atoms with van der Waals surface area (Å²) in [4.78, 5) is 13.6. The van der Waals surface area contributed by atoms with Crippen LogP contribution in [-0.2, 0) is 4.79 Å². The van der Waals surface area contributed by atoms with Gasteiger partial charge in [0.15, 0.2) is 0 Å². The van der Waals surface area contributed by atoms with Gasteiger partial charge in [0.1, 0.15) is 10.8 Å². The molecule has 0 aliphatic carbocycles. The molecule has 0 bridgehead atoms. The Morgan fingerprint density at radius 3 is 3.00 bits per heavy atom. The summed E-state index contributed by atoms with van der Waals surface area (Å²) >= 11 is 5.86. The lowest BCUT2D eigenvalue weighted by Crippen LogP contribution is -1.90. The third-order valence-electron chi connectivity index (χ3n) is 1.85. The van der Waals surface area contributed by atoms with Gasteiger partial charge < -0.3 is 4.74 Å². The highest BCUT2D eigenvalue weighted by atomic mass is 35.5. The van der Waals surface area contributed by atoms with Crippen LogP contribution in [0.15, 0.2) is 41.5 Å². The standard InChI is InChI=1S/C11H6ClN3O2/c12-10-4-5-14-15-11(10)17-9-3-1-2-8(6-9)13-7-16/h1-6H. The number of ether oxygens (including phenoxy) is 1. The largest absolute Gasteiger partial charge is 0.436 e. The van der Waals surface area contributed by atoms with Gasteiger partial charge in [-0.3, -0.25) is 0 Å². The van der Waals surface area contributed by atoms with E-state index in [4.69, 9.17) is 16.3 Å². The zero-order valence-corrected chi connectivity index (χ0v) is 9.26. The predicted molar refractivity (Wildman–Crippen MR) is 61.3 cm³/mol. The van der Waals surface area contributed by atoms with Gasteiger partial charge in [0, 0.05) is 6.07 Å². The lowest BCUT2D eigenvalue weighted by atomic mass is 10.3. The molecule has 0 amide bonds. The summed E-state index contributed by atoms with van der Waals surface area (Å²) in [5.41, 5.74) is 0.442. The third kappa shape index (κ3) is 2.87. The molecule has 0 saturated carbocycles. The minimum Gasteiger partial charge on any atom is -0.436 e. The van der Waals surface area contributed by atoms with Crippen LogP contribution < -0.4 is 4.74 Å². The second-order valence-electron chi connectivity index (χ2n) is 2.99. The first-order valence-corrected chi connectivity index (χ1v) is 5.00. The molecule has 17 heavy (non-hydrogen) atoms. The van der Waals surface area contributed by atoms with Gasteiger partial charge in [-0.05, 0) is 18.2 Å². The Hall–Kier alpha value is -2.23. The van der Waals surface area contributed by atoms with Gasteiger partial charge in [-0.1, -0.05) is 17.7 Å². The fourth-order valence-corrected chi connectivity index (χ4v) is 1.29. The van der Waals surface area contributed by atoms with Crippen LogP contribution >= 0.6 is 11.6 Å². The molecule has 6 heteroatoms. The molecular formula is C11H6ClN3O2. The van der Waals surface area contributed by atoms with E-state index in [1.54, 1.807) is 30.3 Å². The highest BCUT2D eigenvalue weighted by Gasteiger charge is 2.04. The molecule has 0 unspecified atom stereocenters. The van der Waals surface area contributed by atoms with Gasteiger partial charge in [0.05, 0.1) is 11.9 Å². The Balaban J connectivity index is 2.27. The molecule has 0 aliphatic heterocycles. The summed E-state index contributed by atoms with van der Waals surface area (Å²) < 4.78 is 5.40. The van der Waals surface area contributed by atoms with Crippen LogP contribution in [0.2, 0.25) is 5.02 Å². The first-order chi connectivity index (χ1) is 8.29. The molecule has 0 aliphatic rings. The Morgan fingerprint density at radius 2 is 2.24 bits per heavy atom. The van der Waals surface area contributed by atoms with Crippen LogP contribution in [0.4, 0.5) is 5.69 Å². The summed E-state index contributed by atoms with van der Waals surface area (Å²) in [7, 11) is 0. The lowest BCUT2D eigenvalue weighted by Gasteiger charge is -2.04. The van der Waals surface area contributed by atoms with Crippen molar-refractivity contribution in [2.45, 2.75) is 0 Å². The molecule has 0 radical (unpaired) electrons. The second kappa shape index (κ2) is 5.21. The monoisotopic (exact) mass is 247 g/mol. The van der Waals surface area contributed by atoms with Crippen LogP contribution in [0.1, 0.15) is 0 Å². The van der Waals surface area contributed by atoms with Gasteiger partial charge in [-0.15, -0.1) is 5.10 Å². The van der Waals surface area contributed by atoms with Crippen molar-refractivity contribution in [2.75, 3.05) is 0 Å². The smallest absolute Gasteiger partial charge is 0.257 e. The number of isocyanates is 1. The van der Waals surface area contributed by atoms with E-state index in [0.29, 0.717) is 16.5 Å². The van der Waals surface area contributed by atoms with E-state index in [-0.39, 0.29) is 5.88 Å². The van der Waals surface area contributed by atoms with E-state index in [9.17, 15) is 4.79 Å². The summed E-state index contributed by atoms with van der Waals surface area (Å²) in [6.45, 7) is 0. The number of hydrogen-bond donors (Lipinski definition) is 0. The molecule has 84 valence electrons. The number of carbonyl (C=O) groups excluding carboxylic acids is 1. The van der Waals surface area contributed by atoms with Crippen molar-refractivity contribution in [1.29, 1.82) is 0 Å². The maximum absolute atomic E-state index is 10.1. The number of halogens is 1. The molecule has 1 aromatic carbocycles. The molecule has 1 heterocycles. The van der Waals surface area contributed by atoms with Crippen molar-refractivity contribution in [3.63, 3.8) is 0 Å². The van der Waals surface area contributed by atoms with Crippen molar-refractivity contribution in [3.05, 3.63) is 41.6 Å². The Labute approximate surface area is 102 Å². The Kier molecular flexibility index (Phi) is 3.45. The van der Waals surface area contributed by atoms with Gasteiger partial charge in [-0.25, -0.2) is 4.79 Å². The maximum atomic E-state index is 10.1. The number of aromatic nitrogens is 2. The van der Waals surface area contributed by atoms with Crippen molar-refractivity contribution >= 4 is 23.4 Å². The van der Waals surface area contributed by atoms with Crippen LogP contribution in [0, 0.1) is 0 Å². The topological polar surface area (TPSA) is 64.4 Å². The van der Waals surface area contributed by atoms with Gasteiger partial charge >= 0.3 is 0 Å². The molecule has 2 aromatic rings. The fraction of sp³-hybridized carbons (Fsp3) is 0. The zero-order valence-electron chi connectivity index (χ0n) is 8.50. The first kappa shape index (κ1) is 11.3. The van der Waals surface area contributed by atoms with E-state index in [0.717, 1.165) is 0 Å². The average Bonchev–Trinajstić information content (AvgIpc) is 2.33. The number of hydrogen-bond acceptors (Lipinski definition) is 5. The number of aliphatic imine (C=N–C) groups is 1. The van der Waals surface area contributed by atoms with E-state index in [1.807, 2.05) is 0 Å². The van der Waals surface area contributed by atoms with E-state index in [2.05, 4.69) is 15.2 Å². The van der Waals surface area contributed by atoms with Crippen molar-refractivity contribution < 1.29 is 9.53 Å². The predicted octanol–water partition coefficient (Wildman–Crippen LogP) is 2.89. The van der Waals surface area contributed by atoms with Crippen LogP contribution in [0.3, 0.4) is 0 Å². The number of rotatable bonds is 3. The van der Waals surface area contributed by atoms with E-state index >= 15 is 0 Å². The van der Waals surface area contributed by atoms with Gasteiger partial charge in [0.2, 0.25) is 6.08 Å². The number of benzene rings is 1. The highest BCUT2D eigenvalue weighted by Crippen LogP contribution is 2.27. The molecule has 1 aromatic heterocycles. The molecule has 0 fully saturated rings. The van der Waals surface area contributed by atoms with Crippen molar-refractivity contribution in [3.8, 4) is 11.6 Å². The number of nitrogens with zero attached hydrogens (tertiary/aromatic N) is 3. The van der Waals surface area contributed by atoms with Crippen LogP contribution in [0.5, 0.6) is 11.6 Å². The molecule has 2 rings (SSSR count). The lowest BCUT2D eigenvalue weighted by molar-refractivity contribution is 0.455. The summed E-state index contributed by atoms with van der Waals surface area (Å²) in [5, 5.41) is 7.74. The molecular weight excluding hydrogens is 242 g/mol.